The Bertz CT molecular complexity index is 442. The minimum Gasteiger partial charge on any atom is -0.495 e. The molecule has 1 heterocycles. The number of benzene rings is 1. The molecule has 0 spiro atoms. The lowest BCUT2D eigenvalue weighted by Gasteiger charge is -2.04. The van der Waals surface area contributed by atoms with Crippen molar-refractivity contribution in [1.29, 1.82) is 0 Å². The van der Waals surface area contributed by atoms with Gasteiger partial charge in [0.05, 0.1) is 12.1 Å². The van der Waals surface area contributed by atoms with E-state index in [0.717, 1.165) is 10.8 Å². The second kappa shape index (κ2) is 3.23. The summed E-state index contributed by atoms with van der Waals surface area (Å²) in [5.41, 5.74) is 0. The van der Waals surface area contributed by atoms with E-state index in [1.807, 2.05) is 18.2 Å². The summed E-state index contributed by atoms with van der Waals surface area (Å²) in [5, 5.41) is 2.61. The Hall–Kier alpha value is -1.28. The van der Waals surface area contributed by atoms with Crippen LogP contribution in [0.2, 0.25) is 5.02 Å². The summed E-state index contributed by atoms with van der Waals surface area (Å²) < 4.78 is 5.09. The molecule has 0 bridgehead atoms. The molecule has 0 radical (unpaired) electrons. The number of halogens is 1. The number of methoxy groups -OCH3 is 1. The van der Waals surface area contributed by atoms with E-state index >= 15 is 0 Å². The second-order valence-corrected chi connectivity index (χ2v) is 3.06. The van der Waals surface area contributed by atoms with Crippen molar-refractivity contribution in [2.24, 2.45) is 0 Å². The number of ether oxygens (including phenoxy) is 1. The third-order valence-electron chi connectivity index (χ3n) is 1.94. The fourth-order valence-electron chi connectivity index (χ4n) is 1.26. The van der Waals surface area contributed by atoms with E-state index in [1.54, 1.807) is 19.5 Å². The van der Waals surface area contributed by atoms with Crippen molar-refractivity contribution in [2.45, 2.75) is 0 Å². The topological polar surface area (TPSA) is 22.1 Å². The third kappa shape index (κ3) is 1.33. The standard InChI is InChI=1S/C10H8ClNO/c1-13-9-3-2-7-4-5-12-6-8(7)10(9)11/h2-6H,1H3. The van der Waals surface area contributed by atoms with Crippen LogP contribution in [0.1, 0.15) is 0 Å². The van der Waals surface area contributed by atoms with Crippen LogP contribution in [0.5, 0.6) is 5.75 Å². The Morgan fingerprint density at radius 2 is 2.15 bits per heavy atom. The van der Waals surface area contributed by atoms with Crippen LogP contribution in [0.3, 0.4) is 0 Å². The maximum absolute atomic E-state index is 6.08. The Morgan fingerprint density at radius 1 is 1.31 bits per heavy atom. The number of hydrogen-bond acceptors (Lipinski definition) is 2. The number of nitrogens with zero attached hydrogens (tertiary/aromatic N) is 1. The van der Waals surface area contributed by atoms with Crippen molar-refractivity contribution in [3.05, 3.63) is 35.6 Å². The third-order valence-corrected chi connectivity index (χ3v) is 2.33. The van der Waals surface area contributed by atoms with Gasteiger partial charge in [-0.15, -0.1) is 0 Å². The van der Waals surface area contributed by atoms with Gasteiger partial charge in [-0.05, 0) is 17.5 Å². The Labute approximate surface area is 81.1 Å². The maximum Gasteiger partial charge on any atom is 0.138 e. The minimum atomic E-state index is 0.619. The lowest BCUT2D eigenvalue weighted by molar-refractivity contribution is 0.415. The number of rotatable bonds is 1. The van der Waals surface area contributed by atoms with Gasteiger partial charge in [0, 0.05) is 17.8 Å². The molecule has 1 aromatic heterocycles. The van der Waals surface area contributed by atoms with Gasteiger partial charge in [0.25, 0.3) is 0 Å². The van der Waals surface area contributed by atoms with Crippen molar-refractivity contribution < 1.29 is 4.74 Å². The molecule has 0 fully saturated rings. The predicted molar refractivity (Wildman–Crippen MR) is 53.3 cm³/mol. The molecule has 2 aromatic rings. The molecule has 2 rings (SSSR count). The van der Waals surface area contributed by atoms with Crippen molar-refractivity contribution in [2.75, 3.05) is 7.11 Å². The number of pyridine rings is 1. The molecular formula is C10H8ClNO. The Kier molecular flexibility index (Phi) is 2.07. The highest BCUT2D eigenvalue weighted by Crippen LogP contribution is 2.31. The van der Waals surface area contributed by atoms with Gasteiger partial charge in [-0.2, -0.15) is 0 Å². The average molecular weight is 194 g/mol. The summed E-state index contributed by atoms with van der Waals surface area (Å²) in [4.78, 5) is 4.01. The predicted octanol–water partition coefficient (Wildman–Crippen LogP) is 2.90. The zero-order chi connectivity index (χ0) is 9.26. The number of aromatic nitrogens is 1. The van der Waals surface area contributed by atoms with Crippen molar-refractivity contribution >= 4 is 22.4 Å². The van der Waals surface area contributed by atoms with E-state index in [4.69, 9.17) is 16.3 Å². The zero-order valence-electron chi connectivity index (χ0n) is 7.12. The highest BCUT2D eigenvalue weighted by atomic mass is 35.5. The van der Waals surface area contributed by atoms with Crippen molar-refractivity contribution in [3.63, 3.8) is 0 Å². The molecule has 0 saturated carbocycles. The van der Waals surface area contributed by atoms with Crippen LogP contribution >= 0.6 is 11.6 Å². The Balaban J connectivity index is 2.79. The highest BCUT2D eigenvalue weighted by Gasteiger charge is 2.04. The molecule has 0 N–H and O–H groups in total. The molecule has 0 aliphatic rings. The van der Waals surface area contributed by atoms with Crippen LogP contribution in [0, 0.1) is 0 Å². The second-order valence-electron chi connectivity index (χ2n) is 2.68. The van der Waals surface area contributed by atoms with Crippen molar-refractivity contribution in [1.82, 2.24) is 4.98 Å². The molecule has 1 aromatic carbocycles. The molecule has 0 amide bonds. The first kappa shape index (κ1) is 8.32. The molecule has 0 aliphatic heterocycles. The van der Waals surface area contributed by atoms with E-state index in [0.29, 0.717) is 10.8 Å². The van der Waals surface area contributed by atoms with Crippen LogP contribution in [-0.4, -0.2) is 12.1 Å². The summed E-state index contributed by atoms with van der Waals surface area (Å²) in [7, 11) is 1.60. The zero-order valence-corrected chi connectivity index (χ0v) is 7.88. The van der Waals surface area contributed by atoms with Gasteiger partial charge < -0.3 is 4.74 Å². The SMILES string of the molecule is COc1ccc2ccncc2c1Cl. The molecule has 0 aliphatic carbocycles. The first-order valence-electron chi connectivity index (χ1n) is 3.89. The fourth-order valence-corrected chi connectivity index (χ4v) is 1.56. The quantitative estimate of drug-likeness (QED) is 0.695. The molecule has 3 heteroatoms. The van der Waals surface area contributed by atoms with Gasteiger partial charge in [-0.1, -0.05) is 17.7 Å². The van der Waals surface area contributed by atoms with Crippen molar-refractivity contribution in [3.8, 4) is 5.75 Å². The van der Waals surface area contributed by atoms with Gasteiger partial charge in [0.2, 0.25) is 0 Å². The summed E-state index contributed by atoms with van der Waals surface area (Å²) in [5.74, 6) is 0.683. The number of hydrogen-bond donors (Lipinski definition) is 0. The summed E-state index contributed by atoms with van der Waals surface area (Å²) in [6, 6.07) is 5.73. The van der Waals surface area contributed by atoms with Crippen LogP contribution < -0.4 is 4.74 Å². The van der Waals surface area contributed by atoms with Gasteiger partial charge in [0.15, 0.2) is 0 Å². The monoisotopic (exact) mass is 193 g/mol. The van der Waals surface area contributed by atoms with Crippen LogP contribution in [0.4, 0.5) is 0 Å². The number of fused-ring (bicyclic) bond motifs is 1. The van der Waals surface area contributed by atoms with Gasteiger partial charge >= 0.3 is 0 Å². The van der Waals surface area contributed by atoms with Crippen LogP contribution in [-0.2, 0) is 0 Å². The maximum atomic E-state index is 6.08. The molecular weight excluding hydrogens is 186 g/mol. The fraction of sp³-hybridized carbons (Fsp3) is 0.100. The van der Waals surface area contributed by atoms with E-state index < -0.39 is 0 Å². The van der Waals surface area contributed by atoms with E-state index in [2.05, 4.69) is 4.98 Å². The summed E-state index contributed by atoms with van der Waals surface area (Å²) in [6.07, 6.45) is 3.48. The van der Waals surface area contributed by atoms with Crippen LogP contribution in [0.25, 0.3) is 10.8 Å². The summed E-state index contributed by atoms with van der Waals surface area (Å²) in [6.45, 7) is 0. The molecule has 0 atom stereocenters. The minimum absolute atomic E-state index is 0.619. The van der Waals surface area contributed by atoms with E-state index in [-0.39, 0.29) is 0 Å². The first-order chi connectivity index (χ1) is 6.33. The molecule has 0 saturated heterocycles. The molecule has 2 nitrogen and oxygen atoms in total. The molecule has 13 heavy (non-hydrogen) atoms. The lowest BCUT2D eigenvalue weighted by atomic mass is 10.2. The normalized spacial score (nSPS) is 10.3. The first-order valence-corrected chi connectivity index (χ1v) is 4.27. The van der Waals surface area contributed by atoms with Gasteiger partial charge in [0.1, 0.15) is 5.75 Å². The van der Waals surface area contributed by atoms with Gasteiger partial charge in [-0.3, -0.25) is 4.98 Å². The molecule has 0 unspecified atom stereocenters. The smallest absolute Gasteiger partial charge is 0.138 e. The van der Waals surface area contributed by atoms with E-state index in [9.17, 15) is 0 Å². The van der Waals surface area contributed by atoms with Gasteiger partial charge in [-0.25, -0.2) is 0 Å². The average Bonchev–Trinajstić information content (AvgIpc) is 2.19. The van der Waals surface area contributed by atoms with Crippen LogP contribution in [0.15, 0.2) is 30.6 Å². The lowest BCUT2D eigenvalue weighted by Crippen LogP contribution is -1.85. The summed E-state index contributed by atoms with van der Waals surface area (Å²) >= 11 is 6.08. The largest absolute Gasteiger partial charge is 0.495 e. The highest BCUT2D eigenvalue weighted by molar-refractivity contribution is 6.36. The van der Waals surface area contributed by atoms with E-state index in [1.165, 1.54) is 0 Å². The Morgan fingerprint density at radius 3 is 2.92 bits per heavy atom. The molecule has 66 valence electrons.